The first-order valence-electron chi connectivity index (χ1n) is 7.69. The van der Waals surface area contributed by atoms with E-state index in [2.05, 4.69) is 58.7 Å². The van der Waals surface area contributed by atoms with Crippen LogP contribution in [0.3, 0.4) is 0 Å². The van der Waals surface area contributed by atoms with Crippen molar-refractivity contribution in [3.05, 3.63) is 0 Å². The third kappa shape index (κ3) is 4.55. The van der Waals surface area contributed by atoms with Crippen LogP contribution in [0.4, 0.5) is 0 Å². The summed E-state index contributed by atoms with van der Waals surface area (Å²) in [7, 11) is 0. The van der Waals surface area contributed by atoms with Gasteiger partial charge in [-0.15, -0.1) is 0 Å². The molecule has 1 aliphatic rings. The van der Waals surface area contributed by atoms with Gasteiger partial charge in [0.2, 0.25) is 0 Å². The van der Waals surface area contributed by atoms with Crippen molar-refractivity contribution in [3.63, 3.8) is 0 Å². The molecule has 1 rings (SSSR count). The average Bonchev–Trinajstić information content (AvgIpc) is 2.73. The van der Waals surface area contributed by atoms with Crippen LogP contribution < -0.4 is 5.32 Å². The van der Waals surface area contributed by atoms with E-state index in [1.54, 1.807) is 0 Å². The Morgan fingerprint density at radius 3 is 2.22 bits per heavy atom. The van der Waals surface area contributed by atoms with Crippen LogP contribution in [0.2, 0.25) is 0 Å². The maximum atomic E-state index is 3.56. The van der Waals surface area contributed by atoms with Gasteiger partial charge >= 0.3 is 0 Å². The number of rotatable bonds is 5. The summed E-state index contributed by atoms with van der Waals surface area (Å²) >= 11 is 0. The van der Waals surface area contributed by atoms with Gasteiger partial charge in [0, 0.05) is 18.6 Å². The molecule has 0 aromatic heterocycles. The minimum absolute atomic E-state index is 0.466. The third-order valence-corrected chi connectivity index (χ3v) is 4.69. The Bertz CT molecular complexity index is 242. The van der Waals surface area contributed by atoms with E-state index in [0.29, 0.717) is 17.5 Å². The molecule has 0 aliphatic carbocycles. The van der Waals surface area contributed by atoms with Gasteiger partial charge in [-0.2, -0.15) is 0 Å². The topological polar surface area (TPSA) is 15.3 Å². The summed E-state index contributed by atoms with van der Waals surface area (Å²) in [6.07, 6.45) is 1.37. The molecule has 3 atom stereocenters. The van der Waals surface area contributed by atoms with Crippen LogP contribution in [0.5, 0.6) is 0 Å². The van der Waals surface area contributed by atoms with Crippen LogP contribution in [0.15, 0.2) is 0 Å². The number of nitrogens with one attached hydrogen (secondary N) is 1. The average molecular weight is 254 g/mol. The Labute approximate surface area is 115 Å². The van der Waals surface area contributed by atoms with Crippen molar-refractivity contribution in [3.8, 4) is 0 Å². The fraction of sp³-hybridized carbons (Fsp3) is 1.00. The standard InChI is InChI=1S/C16H34N2/c1-12(2)17-10-13(3)14(4)18-9-8-15(11-18)16(5,6)7/h12-15,17H,8-11H2,1-7H3. The van der Waals surface area contributed by atoms with E-state index in [1.165, 1.54) is 19.5 Å². The van der Waals surface area contributed by atoms with Gasteiger partial charge in [-0.05, 0) is 43.7 Å². The summed E-state index contributed by atoms with van der Waals surface area (Å²) < 4.78 is 0. The fourth-order valence-electron chi connectivity index (χ4n) is 2.82. The van der Waals surface area contributed by atoms with Gasteiger partial charge in [-0.25, -0.2) is 0 Å². The number of likely N-dealkylation sites (tertiary alicyclic amines) is 1. The molecule has 1 fully saturated rings. The Morgan fingerprint density at radius 2 is 1.78 bits per heavy atom. The van der Waals surface area contributed by atoms with Crippen LogP contribution in [0.1, 0.15) is 54.9 Å². The lowest BCUT2D eigenvalue weighted by molar-refractivity contribution is 0.165. The molecule has 0 amide bonds. The molecule has 0 aromatic rings. The molecule has 0 bridgehead atoms. The second-order valence-corrected chi connectivity index (χ2v) is 7.63. The Morgan fingerprint density at radius 1 is 1.17 bits per heavy atom. The van der Waals surface area contributed by atoms with Crippen molar-refractivity contribution in [1.82, 2.24) is 10.2 Å². The first kappa shape index (κ1) is 16.0. The number of nitrogens with zero attached hydrogens (tertiary/aromatic N) is 1. The van der Waals surface area contributed by atoms with E-state index >= 15 is 0 Å². The zero-order valence-corrected chi connectivity index (χ0v) is 13.6. The molecule has 1 saturated heterocycles. The molecule has 1 N–H and O–H groups in total. The maximum absolute atomic E-state index is 3.56. The minimum Gasteiger partial charge on any atom is -0.314 e. The molecule has 18 heavy (non-hydrogen) atoms. The van der Waals surface area contributed by atoms with Gasteiger partial charge in [-0.3, -0.25) is 0 Å². The Hall–Kier alpha value is -0.0800. The minimum atomic E-state index is 0.466. The molecular formula is C16H34N2. The highest BCUT2D eigenvalue weighted by molar-refractivity contribution is 4.87. The van der Waals surface area contributed by atoms with Crippen molar-refractivity contribution >= 4 is 0 Å². The van der Waals surface area contributed by atoms with Crippen molar-refractivity contribution < 1.29 is 0 Å². The summed E-state index contributed by atoms with van der Waals surface area (Å²) in [6, 6.07) is 1.30. The van der Waals surface area contributed by atoms with Crippen LogP contribution in [0.25, 0.3) is 0 Å². The lowest BCUT2D eigenvalue weighted by Gasteiger charge is -2.32. The summed E-state index contributed by atoms with van der Waals surface area (Å²) in [5, 5.41) is 3.56. The first-order valence-corrected chi connectivity index (χ1v) is 7.69. The Balaban J connectivity index is 2.41. The highest BCUT2D eigenvalue weighted by Gasteiger charge is 2.34. The molecule has 1 aliphatic heterocycles. The van der Waals surface area contributed by atoms with E-state index in [-0.39, 0.29) is 0 Å². The molecule has 3 unspecified atom stereocenters. The molecule has 0 saturated carbocycles. The maximum Gasteiger partial charge on any atom is 0.0105 e. The van der Waals surface area contributed by atoms with Gasteiger partial charge in [-0.1, -0.05) is 41.5 Å². The molecule has 108 valence electrons. The van der Waals surface area contributed by atoms with Crippen LogP contribution >= 0.6 is 0 Å². The zero-order chi connectivity index (χ0) is 13.9. The highest BCUT2D eigenvalue weighted by atomic mass is 15.2. The van der Waals surface area contributed by atoms with Crippen molar-refractivity contribution in [2.24, 2.45) is 17.3 Å². The summed E-state index contributed by atoms with van der Waals surface area (Å²) in [5.41, 5.74) is 0.466. The molecule has 0 radical (unpaired) electrons. The fourth-order valence-corrected chi connectivity index (χ4v) is 2.82. The first-order chi connectivity index (χ1) is 8.21. The molecule has 0 spiro atoms. The third-order valence-electron chi connectivity index (χ3n) is 4.69. The van der Waals surface area contributed by atoms with Crippen molar-refractivity contribution in [2.75, 3.05) is 19.6 Å². The van der Waals surface area contributed by atoms with E-state index in [9.17, 15) is 0 Å². The zero-order valence-electron chi connectivity index (χ0n) is 13.6. The van der Waals surface area contributed by atoms with E-state index < -0.39 is 0 Å². The summed E-state index contributed by atoms with van der Waals surface area (Å²) in [6.45, 7) is 20.1. The molecule has 2 heteroatoms. The van der Waals surface area contributed by atoms with Crippen molar-refractivity contribution in [1.29, 1.82) is 0 Å². The van der Waals surface area contributed by atoms with Gasteiger partial charge in [0.1, 0.15) is 0 Å². The smallest absolute Gasteiger partial charge is 0.0105 e. The molecule has 0 aromatic carbocycles. The SMILES string of the molecule is CC(C)NCC(C)C(C)N1CCC(C(C)(C)C)C1. The Kier molecular flexibility index (Phi) is 5.67. The van der Waals surface area contributed by atoms with Gasteiger partial charge < -0.3 is 10.2 Å². The van der Waals surface area contributed by atoms with E-state index in [1.807, 2.05) is 0 Å². The molecule has 1 heterocycles. The predicted octanol–water partition coefficient (Wildman–Crippen LogP) is 3.38. The molecular weight excluding hydrogens is 220 g/mol. The highest BCUT2D eigenvalue weighted by Crippen LogP contribution is 2.34. The lowest BCUT2D eigenvalue weighted by Crippen LogP contribution is -2.41. The second kappa shape index (κ2) is 6.38. The van der Waals surface area contributed by atoms with Gasteiger partial charge in [0.05, 0.1) is 0 Å². The summed E-state index contributed by atoms with van der Waals surface area (Å²) in [4.78, 5) is 2.70. The van der Waals surface area contributed by atoms with Gasteiger partial charge in [0.15, 0.2) is 0 Å². The van der Waals surface area contributed by atoms with Crippen LogP contribution in [0, 0.1) is 17.3 Å². The van der Waals surface area contributed by atoms with Crippen LogP contribution in [-0.2, 0) is 0 Å². The summed E-state index contributed by atoms with van der Waals surface area (Å²) in [5.74, 6) is 1.59. The van der Waals surface area contributed by atoms with Crippen LogP contribution in [-0.4, -0.2) is 36.6 Å². The second-order valence-electron chi connectivity index (χ2n) is 7.63. The molecule has 2 nitrogen and oxygen atoms in total. The van der Waals surface area contributed by atoms with E-state index in [0.717, 1.165) is 18.4 Å². The lowest BCUT2D eigenvalue weighted by atomic mass is 9.80. The number of hydrogen-bond donors (Lipinski definition) is 1. The van der Waals surface area contributed by atoms with Gasteiger partial charge in [0.25, 0.3) is 0 Å². The predicted molar refractivity (Wildman–Crippen MR) is 80.9 cm³/mol. The van der Waals surface area contributed by atoms with E-state index in [4.69, 9.17) is 0 Å². The normalized spacial score (nSPS) is 25.7. The monoisotopic (exact) mass is 254 g/mol. The number of hydrogen-bond acceptors (Lipinski definition) is 2. The largest absolute Gasteiger partial charge is 0.314 e. The quantitative estimate of drug-likeness (QED) is 0.809. The van der Waals surface area contributed by atoms with Crippen molar-refractivity contribution in [2.45, 2.75) is 67.0 Å².